The van der Waals surface area contributed by atoms with E-state index >= 15 is 14.4 Å². The van der Waals surface area contributed by atoms with Crippen molar-refractivity contribution >= 4 is 56.0 Å². The summed E-state index contributed by atoms with van der Waals surface area (Å²) in [4.78, 5) is 58.6. The molecule has 5 aromatic rings. The molecular formula is C39H25BrN2O5. The molecule has 1 aliphatic heterocycles. The number of allylic oxidation sites excluding steroid dienone is 2. The number of amides is 2. The molecule has 0 N–H and O–H groups in total. The van der Waals surface area contributed by atoms with Crippen molar-refractivity contribution in [2.24, 2.45) is 11.8 Å². The van der Waals surface area contributed by atoms with Crippen LogP contribution in [0.25, 0.3) is 11.1 Å². The first-order valence-electron chi connectivity index (χ1n) is 15.2. The molecule has 1 heterocycles. The van der Waals surface area contributed by atoms with Crippen LogP contribution in [0.5, 0.6) is 0 Å². The normalized spacial score (nSPS) is 24.6. The van der Waals surface area contributed by atoms with Gasteiger partial charge in [-0.2, -0.15) is 0 Å². The molecule has 2 amide bonds. The van der Waals surface area contributed by atoms with Gasteiger partial charge in [-0.3, -0.25) is 24.5 Å². The van der Waals surface area contributed by atoms with Crippen LogP contribution in [0.3, 0.4) is 0 Å². The maximum Gasteiger partial charge on any atom is 0.294 e. The topological polar surface area (TPSA) is 97.6 Å². The molecule has 2 bridgehead atoms. The largest absolute Gasteiger partial charge is 0.297 e. The third-order valence-electron chi connectivity index (χ3n) is 9.95. The molecule has 5 aromatic carbocycles. The van der Waals surface area contributed by atoms with Crippen molar-refractivity contribution in [1.29, 1.82) is 0 Å². The predicted octanol–water partition coefficient (Wildman–Crippen LogP) is 7.55. The first-order valence-corrected chi connectivity index (χ1v) is 16.0. The molecule has 3 aliphatic rings. The highest BCUT2D eigenvalue weighted by atomic mass is 79.9. The van der Waals surface area contributed by atoms with Gasteiger partial charge in [0.1, 0.15) is 5.69 Å². The smallest absolute Gasteiger partial charge is 0.294 e. The van der Waals surface area contributed by atoms with Gasteiger partial charge in [-0.1, -0.05) is 137 Å². The number of ketones is 1. The molecule has 8 heteroatoms. The Morgan fingerprint density at radius 3 is 1.40 bits per heavy atom. The molecule has 7 nitrogen and oxygen atoms in total. The van der Waals surface area contributed by atoms with Crippen LogP contribution in [0.1, 0.15) is 22.3 Å². The molecule has 0 aromatic heterocycles. The summed E-state index contributed by atoms with van der Waals surface area (Å²) in [6, 6.07) is 41.8. The van der Waals surface area contributed by atoms with Gasteiger partial charge in [0.2, 0.25) is 11.8 Å². The molecule has 228 valence electrons. The van der Waals surface area contributed by atoms with Gasteiger partial charge in [0.25, 0.3) is 5.69 Å². The second-order valence-electron chi connectivity index (χ2n) is 12.0. The van der Waals surface area contributed by atoms with E-state index in [-0.39, 0.29) is 17.2 Å². The highest BCUT2D eigenvalue weighted by Crippen LogP contribution is 2.74. The average molecular weight is 682 g/mol. The Balaban J connectivity index is 1.55. The lowest BCUT2D eigenvalue weighted by atomic mass is 9.59. The molecule has 0 unspecified atom stereocenters. The van der Waals surface area contributed by atoms with Crippen molar-refractivity contribution < 1.29 is 19.3 Å². The number of anilines is 1. The van der Waals surface area contributed by atoms with Gasteiger partial charge >= 0.3 is 0 Å². The molecular weight excluding hydrogens is 656 g/mol. The SMILES string of the molecule is O=C1[C@@H]2[C@@H](C(=O)N1c1ccc(Br)cc1[N+](=O)[O-])[C@@]1(c3ccccc3)C(=O)[C@@]2(c2ccccc2)C(c2ccccc2)=C1c1ccccc1. The lowest BCUT2D eigenvalue weighted by Gasteiger charge is -2.39. The summed E-state index contributed by atoms with van der Waals surface area (Å²) >= 11 is 3.29. The molecule has 1 saturated carbocycles. The molecule has 0 spiro atoms. The number of nitro benzene ring substituents is 1. The van der Waals surface area contributed by atoms with Crippen LogP contribution in [0.15, 0.2) is 144 Å². The second kappa shape index (κ2) is 10.5. The van der Waals surface area contributed by atoms with E-state index in [0.717, 1.165) is 16.0 Å². The van der Waals surface area contributed by atoms with Gasteiger partial charge < -0.3 is 0 Å². The first-order chi connectivity index (χ1) is 22.8. The van der Waals surface area contributed by atoms with Crippen molar-refractivity contribution in [1.82, 2.24) is 0 Å². The van der Waals surface area contributed by atoms with Crippen LogP contribution < -0.4 is 4.90 Å². The van der Waals surface area contributed by atoms with Crippen LogP contribution in [0.2, 0.25) is 0 Å². The number of imide groups is 1. The Kier molecular flexibility index (Phi) is 6.49. The fraction of sp³-hybridized carbons (Fsp3) is 0.103. The highest BCUT2D eigenvalue weighted by molar-refractivity contribution is 9.10. The average Bonchev–Trinajstić information content (AvgIpc) is 3.62. The maximum absolute atomic E-state index is 15.9. The lowest BCUT2D eigenvalue weighted by molar-refractivity contribution is -0.384. The Hall–Kier alpha value is -5.47. The van der Waals surface area contributed by atoms with E-state index in [2.05, 4.69) is 15.9 Å². The van der Waals surface area contributed by atoms with Gasteiger partial charge in [0.05, 0.1) is 27.6 Å². The summed E-state index contributed by atoms with van der Waals surface area (Å²) < 4.78 is 0.434. The van der Waals surface area contributed by atoms with Crippen LogP contribution >= 0.6 is 15.9 Å². The predicted molar refractivity (Wildman–Crippen MR) is 181 cm³/mol. The lowest BCUT2D eigenvalue weighted by Crippen LogP contribution is -2.45. The van der Waals surface area contributed by atoms with Crippen molar-refractivity contribution in [2.45, 2.75) is 10.8 Å². The molecule has 47 heavy (non-hydrogen) atoms. The van der Waals surface area contributed by atoms with Crippen LogP contribution in [-0.4, -0.2) is 22.5 Å². The molecule has 4 atom stereocenters. The first kappa shape index (κ1) is 29.0. The number of rotatable bonds is 6. The van der Waals surface area contributed by atoms with E-state index in [9.17, 15) is 10.1 Å². The Morgan fingerprint density at radius 1 is 0.596 bits per heavy atom. The Bertz CT molecular complexity index is 2030. The van der Waals surface area contributed by atoms with E-state index in [4.69, 9.17) is 0 Å². The minimum absolute atomic E-state index is 0.122. The van der Waals surface area contributed by atoms with Gasteiger partial charge in [0.15, 0.2) is 5.78 Å². The number of hydrogen-bond acceptors (Lipinski definition) is 5. The molecule has 2 aliphatic carbocycles. The van der Waals surface area contributed by atoms with E-state index in [1.165, 1.54) is 12.1 Å². The summed E-state index contributed by atoms with van der Waals surface area (Å²) in [6.45, 7) is 0. The number of benzene rings is 5. The third-order valence-corrected chi connectivity index (χ3v) is 10.4. The maximum atomic E-state index is 15.9. The van der Waals surface area contributed by atoms with E-state index in [1.54, 1.807) is 6.07 Å². The Morgan fingerprint density at radius 2 is 1.00 bits per heavy atom. The van der Waals surface area contributed by atoms with Crippen LogP contribution in [0.4, 0.5) is 11.4 Å². The molecule has 8 rings (SSSR count). The minimum atomic E-state index is -1.58. The summed E-state index contributed by atoms with van der Waals surface area (Å²) in [5.41, 5.74) is 0.357. The zero-order chi connectivity index (χ0) is 32.5. The molecule has 1 saturated heterocycles. The number of nitrogens with zero attached hydrogens (tertiary/aromatic N) is 2. The van der Waals surface area contributed by atoms with Crippen molar-refractivity contribution in [3.8, 4) is 0 Å². The van der Waals surface area contributed by atoms with E-state index in [0.29, 0.717) is 26.7 Å². The van der Waals surface area contributed by atoms with Crippen LogP contribution in [-0.2, 0) is 25.2 Å². The summed E-state index contributed by atoms with van der Waals surface area (Å²) in [5.74, 6) is -3.87. The number of carbonyl (C=O) groups excluding carboxylic acids is 3. The van der Waals surface area contributed by atoms with E-state index in [1.807, 2.05) is 121 Å². The standard InChI is InChI=1S/C39H25BrN2O5/c40-28-21-22-29(30(23-28)42(46)47)41-35(43)33-34(36(41)44)39(27-19-11-4-12-20-27)32(25-15-7-2-8-16-25)31(24-13-5-1-6-14-24)38(33,37(39)45)26-17-9-3-10-18-26/h1-23,33-34H/t33-,34-,38-,39-/m0/s1. The fourth-order valence-corrected chi connectivity index (χ4v) is 8.75. The number of fused-ring (bicyclic) bond motifs is 5. The third kappa shape index (κ3) is 3.70. The number of hydrogen-bond donors (Lipinski definition) is 0. The van der Waals surface area contributed by atoms with Gasteiger partial charge in [0, 0.05) is 10.5 Å². The van der Waals surface area contributed by atoms with Gasteiger partial charge in [-0.05, 0) is 45.5 Å². The van der Waals surface area contributed by atoms with Gasteiger partial charge in [-0.25, -0.2) is 4.90 Å². The zero-order valence-electron chi connectivity index (χ0n) is 24.7. The zero-order valence-corrected chi connectivity index (χ0v) is 26.3. The van der Waals surface area contributed by atoms with Crippen molar-refractivity contribution in [3.05, 3.63) is 176 Å². The summed E-state index contributed by atoms with van der Waals surface area (Å²) in [5, 5.41) is 12.3. The van der Waals surface area contributed by atoms with Crippen molar-refractivity contribution in [3.63, 3.8) is 0 Å². The number of nitro groups is 1. The summed E-state index contributed by atoms with van der Waals surface area (Å²) in [7, 11) is 0. The molecule has 2 fully saturated rings. The second-order valence-corrected chi connectivity index (χ2v) is 12.9. The number of carbonyl (C=O) groups is 3. The molecule has 0 radical (unpaired) electrons. The quantitative estimate of drug-likeness (QED) is 0.105. The van der Waals surface area contributed by atoms with Crippen LogP contribution in [0, 0.1) is 22.0 Å². The highest BCUT2D eigenvalue weighted by Gasteiger charge is 2.83. The minimum Gasteiger partial charge on any atom is -0.297 e. The Labute approximate surface area is 278 Å². The number of Topliss-reactive ketones (excluding diaryl/α,β-unsaturated/α-hetero) is 1. The summed E-state index contributed by atoms with van der Waals surface area (Å²) in [6.07, 6.45) is 0. The number of halogens is 1. The van der Waals surface area contributed by atoms with Crippen molar-refractivity contribution in [2.75, 3.05) is 4.90 Å². The van der Waals surface area contributed by atoms with E-state index < -0.39 is 39.4 Å². The van der Waals surface area contributed by atoms with Gasteiger partial charge in [-0.15, -0.1) is 0 Å². The fourth-order valence-electron chi connectivity index (χ4n) is 8.40. The monoisotopic (exact) mass is 680 g/mol.